The van der Waals surface area contributed by atoms with Crippen molar-refractivity contribution in [3.8, 4) is 11.1 Å². The Balaban J connectivity index is 1.92. The van der Waals surface area contributed by atoms with Gasteiger partial charge in [0.05, 0.1) is 4.88 Å². The van der Waals surface area contributed by atoms with Crippen molar-refractivity contribution < 1.29 is 14.7 Å². The molecule has 0 atom stereocenters. The van der Waals surface area contributed by atoms with Crippen LogP contribution in [0.4, 0.5) is 0 Å². The number of carbonyl (C=O) groups is 2. The first-order chi connectivity index (χ1) is 11.9. The van der Waals surface area contributed by atoms with E-state index < -0.39 is 5.97 Å². The van der Waals surface area contributed by atoms with Crippen molar-refractivity contribution in [2.75, 3.05) is 0 Å². The Morgan fingerprint density at radius 1 is 0.920 bits per heavy atom. The Hall–Kier alpha value is -2.24. The molecule has 1 heterocycles. The number of hydrogen-bond acceptors (Lipinski definition) is 3. The minimum Gasteiger partial charge on any atom is -0.477 e. The van der Waals surface area contributed by atoms with E-state index in [-0.39, 0.29) is 10.7 Å². The van der Waals surface area contributed by atoms with Gasteiger partial charge in [0.15, 0.2) is 0 Å². The van der Waals surface area contributed by atoms with Gasteiger partial charge in [-0.1, -0.05) is 40.2 Å². The average molecular weight is 415 g/mol. The second kappa shape index (κ2) is 6.94. The van der Waals surface area contributed by atoms with E-state index in [4.69, 9.17) is 5.11 Å². The number of aromatic carboxylic acids is 1. The lowest BCUT2D eigenvalue weighted by Crippen LogP contribution is -1.98. The maximum absolute atomic E-state index is 12.5. The van der Waals surface area contributed by atoms with Gasteiger partial charge in [0.2, 0.25) is 5.78 Å². The highest BCUT2D eigenvalue weighted by molar-refractivity contribution is 9.10. The summed E-state index contributed by atoms with van der Waals surface area (Å²) in [5, 5.41) is 8.98. The molecule has 0 amide bonds. The normalized spacial score (nSPS) is 10.7. The number of rotatable bonds is 4. The second-order valence-electron chi connectivity index (χ2n) is 5.79. The van der Waals surface area contributed by atoms with Crippen molar-refractivity contribution in [1.82, 2.24) is 0 Å². The molecule has 0 saturated carbocycles. The molecule has 1 N–H and O–H groups in total. The third kappa shape index (κ3) is 3.57. The quantitative estimate of drug-likeness (QED) is 0.555. The Labute approximate surface area is 158 Å². The lowest BCUT2D eigenvalue weighted by molar-refractivity contribution is 0.0702. The highest BCUT2D eigenvalue weighted by atomic mass is 79.9. The summed E-state index contributed by atoms with van der Waals surface area (Å²) in [6.45, 7) is 4.12. The van der Waals surface area contributed by atoms with Crippen LogP contribution in [-0.2, 0) is 0 Å². The summed E-state index contributed by atoms with van der Waals surface area (Å²) >= 11 is 4.50. The molecule has 3 rings (SSSR count). The summed E-state index contributed by atoms with van der Waals surface area (Å²) in [4.78, 5) is 24.1. The standard InChI is InChI=1S/C20H15BrO3S/c1-11-9-15(21)10-12(2)18(11)13-3-5-14(6-4-13)19(22)16-7-8-17(25-16)20(23)24/h3-10H,1-2H3,(H,23,24). The SMILES string of the molecule is Cc1cc(Br)cc(C)c1-c1ccc(C(=O)c2ccc(C(=O)O)s2)cc1. The van der Waals surface area contributed by atoms with E-state index in [1.54, 1.807) is 18.2 Å². The lowest BCUT2D eigenvalue weighted by Gasteiger charge is -2.11. The minimum atomic E-state index is -1.01. The third-order valence-corrected chi connectivity index (χ3v) is 5.50. The molecule has 3 aromatic rings. The molecule has 0 aliphatic carbocycles. The number of halogens is 1. The van der Waals surface area contributed by atoms with Gasteiger partial charge in [-0.05, 0) is 60.4 Å². The summed E-state index contributed by atoms with van der Waals surface area (Å²) in [7, 11) is 0. The van der Waals surface area contributed by atoms with Gasteiger partial charge in [0.1, 0.15) is 4.88 Å². The number of ketones is 1. The fourth-order valence-corrected chi connectivity index (χ4v) is 4.37. The molecule has 0 aliphatic rings. The molecule has 0 bridgehead atoms. The maximum atomic E-state index is 12.5. The Morgan fingerprint density at radius 2 is 1.48 bits per heavy atom. The minimum absolute atomic E-state index is 0.159. The van der Waals surface area contributed by atoms with Crippen LogP contribution in [0, 0.1) is 13.8 Å². The van der Waals surface area contributed by atoms with Crippen LogP contribution in [0.1, 0.15) is 36.0 Å². The van der Waals surface area contributed by atoms with Gasteiger partial charge >= 0.3 is 5.97 Å². The van der Waals surface area contributed by atoms with Gasteiger partial charge in [-0.25, -0.2) is 4.79 Å². The summed E-state index contributed by atoms with van der Waals surface area (Å²) in [5.41, 5.74) is 5.09. The summed E-state index contributed by atoms with van der Waals surface area (Å²) in [6, 6.07) is 14.6. The number of thiophene rings is 1. The predicted octanol–water partition coefficient (Wildman–Crippen LogP) is 5.72. The molecule has 0 radical (unpaired) electrons. The molecule has 3 nitrogen and oxygen atoms in total. The lowest BCUT2D eigenvalue weighted by atomic mass is 9.94. The number of benzene rings is 2. The van der Waals surface area contributed by atoms with Gasteiger partial charge in [-0.15, -0.1) is 11.3 Å². The molecule has 1 aromatic heterocycles. The van der Waals surface area contributed by atoms with E-state index in [1.807, 2.05) is 12.1 Å². The zero-order chi connectivity index (χ0) is 18.1. The molecular formula is C20H15BrO3S. The van der Waals surface area contributed by atoms with Crippen molar-refractivity contribution in [3.05, 3.63) is 79.4 Å². The third-order valence-electron chi connectivity index (χ3n) is 3.97. The van der Waals surface area contributed by atoms with Crippen LogP contribution >= 0.6 is 27.3 Å². The number of hydrogen-bond donors (Lipinski definition) is 1. The fraction of sp³-hybridized carbons (Fsp3) is 0.100. The summed E-state index contributed by atoms with van der Waals surface area (Å²) < 4.78 is 1.05. The van der Waals surface area contributed by atoms with Crippen LogP contribution in [0.2, 0.25) is 0 Å². The smallest absolute Gasteiger partial charge is 0.345 e. The van der Waals surface area contributed by atoms with E-state index in [0.29, 0.717) is 10.4 Å². The molecule has 25 heavy (non-hydrogen) atoms. The van der Waals surface area contributed by atoms with Crippen LogP contribution in [0.3, 0.4) is 0 Å². The Bertz CT molecular complexity index is 948. The van der Waals surface area contributed by atoms with Crippen LogP contribution in [-0.4, -0.2) is 16.9 Å². The molecular weight excluding hydrogens is 400 g/mol. The Kier molecular flexibility index (Phi) is 4.88. The highest BCUT2D eigenvalue weighted by Crippen LogP contribution is 2.31. The number of carboxylic acids is 1. The van der Waals surface area contributed by atoms with Gasteiger partial charge in [-0.3, -0.25) is 4.79 Å². The van der Waals surface area contributed by atoms with Crippen LogP contribution in [0.5, 0.6) is 0 Å². The fourth-order valence-electron chi connectivity index (χ4n) is 2.87. The highest BCUT2D eigenvalue weighted by Gasteiger charge is 2.15. The largest absolute Gasteiger partial charge is 0.477 e. The van der Waals surface area contributed by atoms with Crippen molar-refractivity contribution in [2.24, 2.45) is 0 Å². The number of carbonyl (C=O) groups excluding carboxylic acids is 1. The molecule has 2 aromatic carbocycles. The van der Waals surface area contributed by atoms with E-state index >= 15 is 0 Å². The van der Waals surface area contributed by atoms with E-state index in [0.717, 1.165) is 38.1 Å². The van der Waals surface area contributed by atoms with Crippen LogP contribution in [0.25, 0.3) is 11.1 Å². The predicted molar refractivity (Wildman–Crippen MR) is 104 cm³/mol. The van der Waals surface area contributed by atoms with Gasteiger partial charge < -0.3 is 5.11 Å². The maximum Gasteiger partial charge on any atom is 0.345 e. The molecule has 0 fully saturated rings. The summed E-state index contributed by atoms with van der Waals surface area (Å²) in [6.07, 6.45) is 0. The molecule has 0 spiro atoms. The van der Waals surface area contributed by atoms with Crippen molar-refractivity contribution in [1.29, 1.82) is 0 Å². The first-order valence-electron chi connectivity index (χ1n) is 7.62. The zero-order valence-electron chi connectivity index (χ0n) is 13.7. The van der Waals surface area contributed by atoms with E-state index in [9.17, 15) is 9.59 Å². The van der Waals surface area contributed by atoms with E-state index in [2.05, 4.69) is 41.9 Å². The first-order valence-corrected chi connectivity index (χ1v) is 9.23. The van der Waals surface area contributed by atoms with E-state index in [1.165, 1.54) is 6.07 Å². The monoisotopic (exact) mass is 414 g/mol. The van der Waals surface area contributed by atoms with Crippen LogP contribution < -0.4 is 0 Å². The van der Waals surface area contributed by atoms with Crippen molar-refractivity contribution in [3.63, 3.8) is 0 Å². The topological polar surface area (TPSA) is 54.4 Å². The average Bonchev–Trinajstić information content (AvgIpc) is 3.04. The first kappa shape index (κ1) is 17.6. The van der Waals surface area contributed by atoms with Gasteiger partial charge in [0, 0.05) is 10.0 Å². The molecule has 0 saturated heterocycles. The molecule has 5 heteroatoms. The van der Waals surface area contributed by atoms with Crippen molar-refractivity contribution >= 4 is 39.0 Å². The second-order valence-corrected chi connectivity index (χ2v) is 7.79. The van der Waals surface area contributed by atoms with Crippen molar-refractivity contribution in [2.45, 2.75) is 13.8 Å². The Morgan fingerprint density at radius 3 is 2.00 bits per heavy atom. The molecule has 0 aliphatic heterocycles. The van der Waals surface area contributed by atoms with Crippen LogP contribution in [0.15, 0.2) is 53.0 Å². The zero-order valence-corrected chi connectivity index (χ0v) is 16.1. The van der Waals surface area contributed by atoms with Gasteiger partial charge in [0.25, 0.3) is 0 Å². The van der Waals surface area contributed by atoms with Gasteiger partial charge in [-0.2, -0.15) is 0 Å². The summed E-state index contributed by atoms with van der Waals surface area (Å²) in [5.74, 6) is -1.17. The number of carboxylic acid groups (broad SMARTS) is 1. The molecule has 0 unspecified atom stereocenters. The molecule has 126 valence electrons. The number of aryl methyl sites for hydroxylation is 2.